The second-order valence-electron chi connectivity index (χ2n) is 4.75. The molecule has 0 radical (unpaired) electrons. The molecule has 0 fully saturated rings. The molecule has 0 bridgehead atoms. The van der Waals surface area contributed by atoms with Crippen LogP contribution in [0.5, 0.6) is 0 Å². The lowest BCUT2D eigenvalue weighted by Crippen LogP contribution is -2.41. The van der Waals surface area contributed by atoms with Gasteiger partial charge >= 0.3 is 0 Å². The maximum atomic E-state index is 13.6. The Morgan fingerprint density at radius 1 is 1.39 bits per heavy atom. The molecule has 0 aromatic heterocycles. The van der Waals surface area contributed by atoms with Gasteiger partial charge in [-0.05, 0) is 32.4 Å². The van der Waals surface area contributed by atoms with Crippen LogP contribution in [0.25, 0.3) is 0 Å². The van der Waals surface area contributed by atoms with Crippen LogP contribution in [0, 0.1) is 5.82 Å². The normalized spacial score (nSPS) is 14.6. The first-order valence-corrected chi connectivity index (χ1v) is 8.04. The largest absolute Gasteiger partial charge is 0.229 e. The van der Waals surface area contributed by atoms with Crippen molar-refractivity contribution in [3.05, 3.63) is 34.6 Å². The van der Waals surface area contributed by atoms with Crippen molar-refractivity contribution < 1.29 is 12.8 Å². The van der Waals surface area contributed by atoms with Gasteiger partial charge in [0.1, 0.15) is 5.82 Å². The van der Waals surface area contributed by atoms with Crippen LogP contribution >= 0.6 is 23.2 Å². The molecule has 1 unspecified atom stereocenters. The topological polar surface area (TPSA) is 34.1 Å². The highest BCUT2D eigenvalue weighted by molar-refractivity contribution is 7.92. The Labute approximate surface area is 117 Å². The minimum absolute atomic E-state index is 0.0626. The van der Waals surface area contributed by atoms with Crippen molar-refractivity contribution in [2.24, 2.45) is 0 Å². The highest BCUT2D eigenvalue weighted by Gasteiger charge is 2.38. The number of sulfone groups is 1. The van der Waals surface area contributed by atoms with Crippen molar-refractivity contribution >= 4 is 33.0 Å². The summed E-state index contributed by atoms with van der Waals surface area (Å²) in [5.74, 6) is -0.475. The third kappa shape index (κ3) is 3.16. The molecule has 1 rings (SSSR count). The summed E-state index contributed by atoms with van der Waals surface area (Å²) < 4.78 is 35.7. The predicted octanol–water partition coefficient (Wildman–Crippen LogP) is 3.45. The van der Waals surface area contributed by atoms with Gasteiger partial charge in [0.15, 0.2) is 9.84 Å². The molecule has 6 heteroatoms. The molecule has 18 heavy (non-hydrogen) atoms. The smallest absolute Gasteiger partial charge is 0.154 e. The van der Waals surface area contributed by atoms with Gasteiger partial charge in [0.25, 0.3) is 0 Å². The average Bonchev–Trinajstić information content (AvgIpc) is 2.21. The first kappa shape index (κ1) is 15.7. The van der Waals surface area contributed by atoms with Crippen LogP contribution in [-0.4, -0.2) is 24.8 Å². The first-order chi connectivity index (χ1) is 8.07. The van der Waals surface area contributed by atoms with Crippen LogP contribution in [0.2, 0.25) is 5.02 Å². The molecular formula is C12H15Cl2FO2S. The number of hydrogen-bond donors (Lipinski definition) is 0. The van der Waals surface area contributed by atoms with Crippen molar-refractivity contribution in [1.29, 1.82) is 0 Å². The molecule has 1 aromatic carbocycles. The molecule has 0 aliphatic heterocycles. The van der Waals surface area contributed by atoms with Crippen LogP contribution < -0.4 is 0 Å². The standard InChI is InChI=1S/C12H15Cl2FO2S/c1-12(2,18(3,16)17)11(14)7-8-9(13)5-4-6-10(8)15/h4-6,11H,7H2,1-3H3. The van der Waals surface area contributed by atoms with Crippen molar-refractivity contribution in [3.63, 3.8) is 0 Å². The molecule has 0 amide bonds. The minimum atomic E-state index is -3.34. The fraction of sp³-hybridized carbons (Fsp3) is 0.500. The maximum absolute atomic E-state index is 13.6. The van der Waals surface area contributed by atoms with Gasteiger partial charge in [0.05, 0.1) is 10.1 Å². The lowest BCUT2D eigenvalue weighted by molar-refractivity contribution is 0.529. The zero-order chi connectivity index (χ0) is 14.1. The van der Waals surface area contributed by atoms with Crippen molar-refractivity contribution in [2.75, 3.05) is 6.26 Å². The van der Waals surface area contributed by atoms with Crippen LogP contribution in [0.4, 0.5) is 4.39 Å². The quantitative estimate of drug-likeness (QED) is 0.798. The fourth-order valence-electron chi connectivity index (χ4n) is 1.38. The Morgan fingerprint density at radius 3 is 2.39 bits per heavy atom. The number of alkyl halides is 1. The molecule has 0 aliphatic rings. The van der Waals surface area contributed by atoms with E-state index in [0.717, 1.165) is 6.26 Å². The van der Waals surface area contributed by atoms with Crippen molar-refractivity contribution in [1.82, 2.24) is 0 Å². The van der Waals surface area contributed by atoms with E-state index in [1.165, 1.54) is 26.0 Å². The summed E-state index contributed by atoms with van der Waals surface area (Å²) in [6, 6.07) is 4.32. The molecule has 0 heterocycles. The molecule has 1 aromatic rings. The number of halogens is 3. The summed E-state index contributed by atoms with van der Waals surface area (Å²) >= 11 is 12.0. The summed E-state index contributed by atoms with van der Waals surface area (Å²) in [5, 5.41) is -0.508. The molecule has 2 nitrogen and oxygen atoms in total. The molecule has 0 spiro atoms. The SMILES string of the molecule is CC(C)(C(Cl)Cc1c(F)cccc1Cl)S(C)(=O)=O. The fourth-order valence-corrected chi connectivity index (χ4v) is 2.81. The molecule has 0 N–H and O–H groups in total. The highest BCUT2D eigenvalue weighted by atomic mass is 35.5. The molecule has 1 atom stereocenters. The zero-order valence-electron chi connectivity index (χ0n) is 10.4. The van der Waals surface area contributed by atoms with E-state index in [1.54, 1.807) is 6.07 Å². The highest BCUT2D eigenvalue weighted by Crippen LogP contribution is 2.30. The molecule has 0 saturated carbocycles. The van der Waals surface area contributed by atoms with E-state index in [-0.39, 0.29) is 17.0 Å². The predicted molar refractivity (Wildman–Crippen MR) is 73.7 cm³/mol. The molecule has 102 valence electrons. The van der Waals surface area contributed by atoms with E-state index >= 15 is 0 Å². The van der Waals surface area contributed by atoms with E-state index in [9.17, 15) is 12.8 Å². The van der Waals surface area contributed by atoms with E-state index in [4.69, 9.17) is 23.2 Å². The maximum Gasteiger partial charge on any atom is 0.154 e. The Kier molecular flexibility index (Phi) is 4.68. The Hall–Kier alpha value is -0.320. The summed E-state index contributed by atoms with van der Waals surface area (Å²) in [5.41, 5.74) is 0.246. The van der Waals surface area contributed by atoms with Gasteiger partial charge in [-0.1, -0.05) is 17.7 Å². The van der Waals surface area contributed by atoms with Gasteiger partial charge < -0.3 is 0 Å². The van der Waals surface area contributed by atoms with Crippen LogP contribution in [0.15, 0.2) is 18.2 Å². The Balaban J connectivity index is 3.06. The number of benzene rings is 1. The number of rotatable bonds is 4. The van der Waals surface area contributed by atoms with Crippen LogP contribution in [-0.2, 0) is 16.3 Å². The molecular weight excluding hydrogens is 298 g/mol. The second-order valence-corrected chi connectivity index (χ2v) is 8.28. The van der Waals surface area contributed by atoms with Crippen molar-refractivity contribution in [2.45, 2.75) is 30.4 Å². The van der Waals surface area contributed by atoms with E-state index in [2.05, 4.69) is 0 Å². The average molecular weight is 313 g/mol. The van der Waals surface area contributed by atoms with Gasteiger partial charge in [0, 0.05) is 16.8 Å². The monoisotopic (exact) mass is 312 g/mol. The summed E-state index contributed by atoms with van der Waals surface area (Å²) in [4.78, 5) is 0. The lowest BCUT2D eigenvalue weighted by Gasteiger charge is -2.28. The summed E-state index contributed by atoms with van der Waals surface area (Å²) in [6.07, 6.45) is 1.18. The van der Waals surface area contributed by atoms with Gasteiger partial charge in [-0.2, -0.15) is 0 Å². The Morgan fingerprint density at radius 2 is 1.94 bits per heavy atom. The zero-order valence-corrected chi connectivity index (χ0v) is 12.7. The third-order valence-corrected chi connectivity index (χ3v) is 6.53. The van der Waals surface area contributed by atoms with E-state index in [1.807, 2.05) is 0 Å². The molecule has 0 saturated heterocycles. The van der Waals surface area contributed by atoms with E-state index < -0.39 is 25.8 Å². The summed E-state index contributed by atoms with van der Waals surface area (Å²) in [7, 11) is -3.34. The van der Waals surface area contributed by atoms with Gasteiger partial charge in [-0.25, -0.2) is 12.8 Å². The Bertz CT molecular complexity index is 521. The van der Waals surface area contributed by atoms with Gasteiger partial charge in [-0.3, -0.25) is 0 Å². The van der Waals surface area contributed by atoms with Crippen LogP contribution in [0.1, 0.15) is 19.4 Å². The molecule has 0 aliphatic carbocycles. The third-order valence-electron chi connectivity index (χ3n) is 3.16. The van der Waals surface area contributed by atoms with E-state index in [0.29, 0.717) is 0 Å². The number of hydrogen-bond acceptors (Lipinski definition) is 2. The van der Waals surface area contributed by atoms with Crippen LogP contribution in [0.3, 0.4) is 0 Å². The lowest BCUT2D eigenvalue weighted by atomic mass is 10.0. The van der Waals surface area contributed by atoms with Gasteiger partial charge in [-0.15, -0.1) is 11.6 Å². The minimum Gasteiger partial charge on any atom is -0.229 e. The second kappa shape index (κ2) is 5.35. The first-order valence-electron chi connectivity index (χ1n) is 5.34. The van der Waals surface area contributed by atoms with Crippen molar-refractivity contribution in [3.8, 4) is 0 Å². The van der Waals surface area contributed by atoms with Gasteiger partial charge in [0.2, 0.25) is 0 Å². The summed E-state index contributed by atoms with van der Waals surface area (Å²) in [6.45, 7) is 3.05.